The lowest BCUT2D eigenvalue weighted by Gasteiger charge is -2.17. The van der Waals surface area contributed by atoms with Gasteiger partial charge in [0.15, 0.2) is 5.79 Å². The second-order valence-electron chi connectivity index (χ2n) is 5.08. The smallest absolute Gasteiger partial charge is 0.270 e. The van der Waals surface area contributed by atoms with Gasteiger partial charge in [-0.2, -0.15) is 0 Å². The van der Waals surface area contributed by atoms with E-state index in [2.05, 4.69) is 5.32 Å². The maximum absolute atomic E-state index is 12.1. The van der Waals surface area contributed by atoms with Crippen LogP contribution >= 0.6 is 22.6 Å². The first-order valence-electron chi connectivity index (χ1n) is 6.32. The lowest BCUT2D eigenvalue weighted by Crippen LogP contribution is -2.34. The van der Waals surface area contributed by atoms with E-state index in [9.17, 15) is 14.9 Å². The minimum atomic E-state index is -0.644. The van der Waals surface area contributed by atoms with Gasteiger partial charge in [0.05, 0.1) is 17.1 Å². The largest absolute Gasteiger partial charge is 0.349 e. The molecule has 0 radical (unpaired) electrons. The van der Waals surface area contributed by atoms with Crippen molar-refractivity contribution < 1.29 is 19.2 Å². The topological polar surface area (TPSA) is 90.7 Å². The number of amides is 1. The van der Waals surface area contributed by atoms with Crippen molar-refractivity contribution in [3.05, 3.63) is 37.4 Å². The summed E-state index contributed by atoms with van der Waals surface area (Å²) in [7, 11) is 0. The zero-order valence-corrected chi connectivity index (χ0v) is 13.7. The van der Waals surface area contributed by atoms with Crippen LogP contribution in [0.15, 0.2) is 18.2 Å². The first-order chi connectivity index (χ1) is 9.78. The Bertz CT molecular complexity index is 576. The van der Waals surface area contributed by atoms with Gasteiger partial charge in [-0.1, -0.05) is 0 Å². The molecule has 1 fully saturated rings. The lowest BCUT2D eigenvalue weighted by atomic mass is 10.2. The molecule has 0 aromatic heterocycles. The summed E-state index contributed by atoms with van der Waals surface area (Å²) in [6.45, 7) is 4.30. The van der Waals surface area contributed by atoms with Crippen LogP contribution in [-0.4, -0.2) is 35.9 Å². The minimum absolute atomic E-state index is 0.109. The van der Waals surface area contributed by atoms with Crippen molar-refractivity contribution in [3.8, 4) is 0 Å². The molecular weight excluding hydrogens is 391 g/mol. The molecule has 1 aromatic rings. The monoisotopic (exact) mass is 406 g/mol. The van der Waals surface area contributed by atoms with E-state index in [1.54, 1.807) is 19.9 Å². The number of benzene rings is 1. The van der Waals surface area contributed by atoms with Crippen LogP contribution in [0.25, 0.3) is 0 Å². The third kappa shape index (κ3) is 4.11. The van der Waals surface area contributed by atoms with Crippen molar-refractivity contribution in [2.45, 2.75) is 25.7 Å². The number of ether oxygens (including phenoxy) is 2. The highest BCUT2D eigenvalue weighted by atomic mass is 127. The number of carbonyl (C=O) groups excluding carboxylic acids is 1. The Morgan fingerprint density at radius 3 is 2.86 bits per heavy atom. The standard InChI is InChI=1S/C13H15IN2O5/c1-13(2)20-7-9(21-13)6-15-12(17)10-5-8(16(18)19)3-4-11(10)14/h3-5,9H,6-7H2,1-2H3,(H,15,17). The Morgan fingerprint density at radius 2 is 2.29 bits per heavy atom. The quantitative estimate of drug-likeness (QED) is 0.470. The Kier molecular flexibility index (Phi) is 4.79. The van der Waals surface area contributed by atoms with Gasteiger partial charge in [-0.3, -0.25) is 14.9 Å². The number of nitrogens with zero attached hydrogens (tertiary/aromatic N) is 1. The molecule has 21 heavy (non-hydrogen) atoms. The first-order valence-corrected chi connectivity index (χ1v) is 7.40. The van der Waals surface area contributed by atoms with E-state index in [1.165, 1.54) is 12.1 Å². The third-order valence-corrected chi connectivity index (χ3v) is 3.90. The van der Waals surface area contributed by atoms with E-state index in [-0.39, 0.29) is 23.3 Å². The molecule has 114 valence electrons. The number of non-ortho nitro benzene ring substituents is 1. The maximum Gasteiger partial charge on any atom is 0.270 e. The second-order valence-corrected chi connectivity index (χ2v) is 6.24. The van der Waals surface area contributed by atoms with Gasteiger partial charge in [-0.05, 0) is 42.5 Å². The zero-order chi connectivity index (χ0) is 15.6. The molecule has 1 aliphatic heterocycles. The van der Waals surface area contributed by atoms with Gasteiger partial charge >= 0.3 is 0 Å². The number of hydrogen-bond donors (Lipinski definition) is 1. The minimum Gasteiger partial charge on any atom is -0.349 e. The van der Waals surface area contributed by atoms with E-state index in [4.69, 9.17) is 9.47 Å². The lowest BCUT2D eigenvalue weighted by molar-refractivity contribution is -0.384. The molecule has 0 spiro atoms. The molecule has 1 N–H and O–H groups in total. The fourth-order valence-electron chi connectivity index (χ4n) is 1.97. The normalized spacial score (nSPS) is 20.2. The van der Waals surface area contributed by atoms with Crippen LogP contribution in [0, 0.1) is 13.7 Å². The molecule has 0 aliphatic carbocycles. The van der Waals surface area contributed by atoms with Gasteiger partial charge in [0.25, 0.3) is 11.6 Å². The average molecular weight is 406 g/mol. The molecule has 1 amide bonds. The molecule has 1 aliphatic rings. The van der Waals surface area contributed by atoms with E-state index >= 15 is 0 Å². The molecule has 0 saturated carbocycles. The molecule has 1 aromatic carbocycles. The van der Waals surface area contributed by atoms with Crippen molar-refractivity contribution >= 4 is 34.2 Å². The number of halogens is 1. The molecule has 1 atom stereocenters. The number of hydrogen-bond acceptors (Lipinski definition) is 5. The van der Waals surface area contributed by atoms with Crippen molar-refractivity contribution in [1.29, 1.82) is 0 Å². The van der Waals surface area contributed by atoms with Gasteiger partial charge < -0.3 is 14.8 Å². The SMILES string of the molecule is CC1(C)OCC(CNC(=O)c2cc([N+](=O)[O-])ccc2I)O1. The zero-order valence-electron chi connectivity index (χ0n) is 11.6. The van der Waals surface area contributed by atoms with Crippen LogP contribution in [0.2, 0.25) is 0 Å². The number of carbonyl (C=O) groups is 1. The number of nitro groups is 1. The van der Waals surface area contributed by atoms with Gasteiger partial charge in [0.1, 0.15) is 6.10 Å². The van der Waals surface area contributed by atoms with Gasteiger partial charge in [0.2, 0.25) is 0 Å². The molecule has 7 nitrogen and oxygen atoms in total. The number of nitro benzene ring substituents is 1. The molecular formula is C13H15IN2O5. The molecule has 1 unspecified atom stereocenters. The maximum atomic E-state index is 12.1. The van der Waals surface area contributed by atoms with Crippen molar-refractivity contribution in [3.63, 3.8) is 0 Å². The summed E-state index contributed by atoms with van der Waals surface area (Å²) in [6.07, 6.45) is -0.222. The highest BCUT2D eigenvalue weighted by molar-refractivity contribution is 14.1. The van der Waals surface area contributed by atoms with E-state index in [1.807, 2.05) is 22.6 Å². The summed E-state index contributed by atoms with van der Waals surface area (Å²) in [6, 6.07) is 4.19. The number of rotatable bonds is 4. The molecule has 1 heterocycles. The predicted molar refractivity (Wildman–Crippen MR) is 83.1 cm³/mol. The van der Waals surface area contributed by atoms with Crippen molar-refractivity contribution in [2.75, 3.05) is 13.2 Å². The van der Waals surface area contributed by atoms with Crippen LogP contribution in [0.1, 0.15) is 24.2 Å². The van der Waals surface area contributed by atoms with E-state index in [0.29, 0.717) is 16.7 Å². The van der Waals surface area contributed by atoms with Gasteiger partial charge in [0, 0.05) is 22.2 Å². The molecule has 8 heteroatoms. The second kappa shape index (κ2) is 6.24. The summed E-state index contributed by atoms with van der Waals surface area (Å²) in [5.41, 5.74) is 0.171. The average Bonchev–Trinajstić information content (AvgIpc) is 2.76. The Balaban J connectivity index is 2.00. The molecule has 2 rings (SSSR count). The van der Waals surface area contributed by atoms with Gasteiger partial charge in [-0.15, -0.1) is 0 Å². The van der Waals surface area contributed by atoms with Crippen LogP contribution in [0.3, 0.4) is 0 Å². The Labute approximate surface area is 135 Å². The van der Waals surface area contributed by atoms with E-state index in [0.717, 1.165) is 0 Å². The Morgan fingerprint density at radius 1 is 1.57 bits per heavy atom. The summed E-state index contributed by atoms with van der Waals surface area (Å²) in [5.74, 6) is -1.01. The van der Waals surface area contributed by atoms with Crippen LogP contribution < -0.4 is 5.32 Å². The summed E-state index contributed by atoms with van der Waals surface area (Å²) in [5, 5.41) is 13.5. The van der Waals surface area contributed by atoms with Crippen molar-refractivity contribution in [2.24, 2.45) is 0 Å². The first kappa shape index (κ1) is 16.1. The highest BCUT2D eigenvalue weighted by Gasteiger charge is 2.32. The fourth-order valence-corrected chi connectivity index (χ4v) is 2.55. The molecule has 1 saturated heterocycles. The summed E-state index contributed by atoms with van der Waals surface area (Å²) < 4.78 is 11.6. The Hall–Kier alpha value is -1.26. The predicted octanol–water partition coefficient (Wildman–Crippen LogP) is 2.08. The fraction of sp³-hybridized carbons (Fsp3) is 0.462. The van der Waals surface area contributed by atoms with Crippen LogP contribution in [0.5, 0.6) is 0 Å². The molecule has 0 bridgehead atoms. The van der Waals surface area contributed by atoms with E-state index < -0.39 is 10.7 Å². The van der Waals surface area contributed by atoms with Gasteiger partial charge in [-0.25, -0.2) is 0 Å². The third-order valence-electron chi connectivity index (χ3n) is 2.96. The van der Waals surface area contributed by atoms with Crippen LogP contribution in [-0.2, 0) is 9.47 Å². The number of nitrogens with one attached hydrogen (secondary N) is 1. The summed E-state index contributed by atoms with van der Waals surface area (Å²) >= 11 is 1.97. The summed E-state index contributed by atoms with van der Waals surface area (Å²) in [4.78, 5) is 22.4. The van der Waals surface area contributed by atoms with Crippen LogP contribution in [0.4, 0.5) is 5.69 Å². The highest BCUT2D eigenvalue weighted by Crippen LogP contribution is 2.22. The van der Waals surface area contributed by atoms with Crippen molar-refractivity contribution in [1.82, 2.24) is 5.32 Å².